The van der Waals surface area contributed by atoms with Gasteiger partial charge in [0.15, 0.2) is 12.4 Å². The second-order valence-electron chi connectivity index (χ2n) is 6.35. The quantitative estimate of drug-likeness (QED) is 0.446. The summed E-state index contributed by atoms with van der Waals surface area (Å²) in [5, 5.41) is 2.79. The van der Waals surface area contributed by atoms with Crippen LogP contribution >= 0.6 is 0 Å². The van der Waals surface area contributed by atoms with Gasteiger partial charge in [0.05, 0.1) is 12.2 Å². The summed E-state index contributed by atoms with van der Waals surface area (Å²) in [5.74, 6) is -0.350. The highest BCUT2D eigenvalue weighted by Crippen LogP contribution is 2.15. The molecule has 1 N–H and O–H groups in total. The largest absolute Gasteiger partial charge is 0.485 e. The smallest absolute Gasteiger partial charge is 0.338 e. The van der Waals surface area contributed by atoms with Crippen molar-refractivity contribution < 1.29 is 23.9 Å². The molecule has 0 bridgehead atoms. The van der Waals surface area contributed by atoms with E-state index in [0.29, 0.717) is 34.7 Å². The van der Waals surface area contributed by atoms with Crippen molar-refractivity contribution in [1.82, 2.24) is 0 Å². The van der Waals surface area contributed by atoms with Crippen LogP contribution in [0.1, 0.15) is 38.0 Å². The highest BCUT2D eigenvalue weighted by atomic mass is 16.5. The molecule has 1 amide bonds. The number of ketones is 1. The third kappa shape index (κ3) is 5.54. The molecule has 0 atom stereocenters. The Morgan fingerprint density at radius 1 is 0.767 bits per heavy atom. The molecule has 0 spiro atoms. The molecular weight excluding hydrogens is 382 g/mol. The van der Waals surface area contributed by atoms with Crippen molar-refractivity contribution in [3.8, 4) is 5.75 Å². The lowest BCUT2D eigenvalue weighted by molar-refractivity contribution is 0.0526. The minimum atomic E-state index is -0.403. The second-order valence-corrected chi connectivity index (χ2v) is 6.35. The zero-order valence-electron chi connectivity index (χ0n) is 16.5. The van der Waals surface area contributed by atoms with Crippen LogP contribution in [-0.2, 0) is 4.74 Å². The number of esters is 1. The van der Waals surface area contributed by atoms with Crippen molar-refractivity contribution in [3.63, 3.8) is 0 Å². The molecule has 3 rings (SSSR count). The standard InChI is InChI=1S/C24H21NO5/c1-2-29-24(28)19-10-14-21(15-11-19)30-16-22(26)17-8-12-20(13-9-17)25-23(27)18-6-4-3-5-7-18/h3-15H,2,16H2,1H3,(H,25,27). The second kappa shape index (κ2) is 10.0. The third-order valence-electron chi connectivity index (χ3n) is 4.24. The van der Waals surface area contributed by atoms with Gasteiger partial charge in [-0.2, -0.15) is 0 Å². The van der Waals surface area contributed by atoms with Gasteiger partial charge in [0.2, 0.25) is 0 Å². The van der Waals surface area contributed by atoms with Gasteiger partial charge in [0.25, 0.3) is 5.91 Å². The number of ether oxygens (including phenoxy) is 2. The maximum Gasteiger partial charge on any atom is 0.338 e. The van der Waals surface area contributed by atoms with Crippen LogP contribution in [0.4, 0.5) is 5.69 Å². The number of nitrogens with one attached hydrogen (secondary N) is 1. The topological polar surface area (TPSA) is 81.7 Å². The van der Waals surface area contributed by atoms with Gasteiger partial charge >= 0.3 is 5.97 Å². The van der Waals surface area contributed by atoms with Crippen LogP contribution in [0.5, 0.6) is 5.75 Å². The molecule has 0 saturated heterocycles. The van der Waals surface area contributed by atoms with Gasteiger partial charge in [-0.3, -0.25) is 9.59 Å². The van der Waals surface area contributed by atoms with Gasteiger partial charge < -0.3 is 14.8 Å². The average Bonchev–Trinajstić information content (AvgIpc) is 2.79. The first-order valence-electron chi connectivity index (χ1n) is 9.46. The molecule has 30 heavy (non-hydrogen) atoms. The van der Waals surface area contributed by atoms with Crippen molar-refractivity contribution in [2.24, 2.45) is 0 Å². The molecular formula is C24H21NO5. The summed E-state index contributed by atoms with van der Waals surface area (Å²) >= 11 is 0. The van der Waals surface area contributed by atoms with Gasteiger partial charge in [-0.05, 0) is 67.6 Å². The number of hydrogen-bond donors (Lipinski definition) is 1. The maximum absolute atomic E-state index is 12.3. The van der Waals surface area contributed by atoms with E-state index in [4.69, 9.17) is 9.47 Å². The lowest BCUT2D eigenvalue weighted by Gasteiger charge is -2.08. The normalized spacial score (nSPS) is 10.2. The number of carbonyl (C=O) groups excluding carboxylic acids is 3. The van der Waals surface area contributed by atoms with E-state index in [1.165, 1.54) is 0 Å². The highest BCUT2D eigenvalue weighted by Gasteiger charge is 2.10. The molecule has 0 heterocycles. The Morgan fingerprint density at radius 2 is 1.40 bits per heavy atom. The zero-order valence-corrected chi connectivity index (χ0v) is 16.5. The van der Waals surface area contributed by atoms with Crippen LogP contribution in [0, 0.1) is 0 Å². The van der Waals surface area contributed by atoms with E-state index in [2.05, 4.69) is 5.32 Å². The van der Waals surface area contributed by atoms with E-state index >= 15 is 0 Å². The molecule has 0 aliphatic carbocycles. The van der Waals surface area contributed by atoms with Crippen molar-refractivity contribution in [3.05, 3.63) is 95.6 Å². The van der Waals surface area contributed by atoms with E-state index in [9.17, 15) is 14.4 Å². The van der Waals surface area contributed by atoms with Crippen LogP contribution < -0.4 is 10.1 Å². The summed E-state index contributed by atoms with van der Waals surface area (Å²) in [5.41, 5.74) is 2.04. The van der Waals surface area contributed by atoms with E-state index in [1.807, 2.05) is 6.07 Å². The van der Waals surface area contributed by atoms with Crippen LogP contribution in [-0.4, -0.2) is 30.9 Å². The molecule has 3 aromatic carbocycles. The van der Waals surface area contributed by atoms with Gasteiger partial charge in [0, 0.05) is 16.8 Å². The number of hydrogen-bond acceptors (Lipinski definition) is 5. The van der Waals surface area contributed by atoms with E-state index in [-0.39, 0.29) is 18.3 Å². The van der Waals surface area contributed by atoms with Crippen molar-refractivity contribution >= 4 is 23.3 Å². The summed E-state index contributed by atoms with van der Waals surface area (Å²) in [6.07, 6.45) is 0. The first kappa shape index (κ1) is 20.8. The molecule has 0 aliphatic rings. The van der Waals surface area contributed by atoms with Crippen LogP contribution in [0.25, 0.3) is 0 Å². The number of carbonyl (C=O) groups is 3. The first-order chi connectivity index (χ1) is 14.6. The molecule has 152 valence electrons. The maximum atomic E-state index is 12.3. The zero-order chi connectivity index (χ0) is 21.3. The number of benzene rings is 3. The van der Waals surface area contributed by atoms with Gasteiger partial charge in [-0.25, -0.2) is 4.79 Å². The lowest BCUT2D eigenvalue weighted by Crippen LogP contribution is -2.13. The van der Waals surface area contributed by atoms with Crippen molar-refractivity contribution in [2.75, 3.05) is 18.5 Å². The van der Waals surface area contributed by atoms with Gasteiger partial charge in [-0.15, -0.1) is 0 Å². The first-order valence-corrected chi connectivity index (χ1v) is 9.46. The number of rotatable bonds is 8. The number of amides is 1. The Morgan fingerprint density at radius 3 is 2.03 bits per heavy atom. The van der Waals surface area contributed by atoms with E-state index in [0.717, 1.165) is 0 Å². The Hall–Kier alpha value is -3.93. The van der Waals surface area contributed by atoms with E-state index < -0.39 is 5.97 Å². The molecule has 0 saturated carbocycles. The molecule has 0 aromatic heterocycles. The van der Waals surface area contributed by atoms with Crippen LogP contribution in [0.3, 0.4) is 0 Å². The monoisotopic (exact) mass is 403 g/mol. The predicted molar refractivity (Wildman–Crippen MR) is 113 cm³/mol. The third-order valence-corrected chi connectivity index (χ3v) is 4.24. The molecule has 0 fully saturated rings. The summed E-state index contributed by atoms with van der Waals surface area (Å²) in [6.45, 7) is 1.90. The van der Waals surface area contributed by atoms with Crippen LogP contribution in [0.15, 0.2) is 78.9 Å². The van der Waals surface area contributed by atoms with Crippen LogP contribution in [0.2, 0.25) is 0 Å². The molecule has 0 aliphatic heterocycles. The highest BCUT2D eigenvalue weighted by molar-refractivity contribution is 6.04. The number of Topliss-reactive ketones (excluding diaryl/α,β-unsaturated/α-hetero) is 1. The summed E-state index contributed by atoms with van der Waals surface area (Å²) in [6, 6.07) is 21.9. The minimum Gasteiger partial charge on any atom is -0.485 e. The fraction of sp³-hybridized carbons (Fsp3) is 0.125. The van der Waals surface area contributed by atoms with Crippen molar-refractivity contribution in [2.45, 2.75) is 6.92 Å². The molecule has 0 unspecified atom stereocenters. The van der Waals surface area contributed by atoms with Gasteiger partial charge in [-0.1, -0.05) is 18.2 Å². The lowest BCUT2D eigenvalue weighted by atomic mass is 10.1. The average molecular weight is 403 g/mol. The summed E-state index contributed by atoms with van der Waals surface area (Å²) in [4.78, 5) is 36.2. The molecule has 6 nitrogen and oxygen atoms in total. The SMILES string of the molecule is CCOC(=O)c1ccc(OCC(=O)c2ccc(NC(=O)c3ccccc3)cc2)cc1. The van der Waals surface area contributed by atoms with Gasteiger partial charge in [0.1, 0.15) is 5.75 Å². The van der Waals surface area contributed by atoms with Crippen molar-refractivity contribution in [1.29, 1.82) is 0 Å². The Kier molecular flexibility index (Phi) is 6.95. The van der Waals surface area contributed by atoms with E-state index in [1.54, 1.807) is 79.7 Å². The molecule has 0 radical (unpaired) electrons. The Labute approximate surface area is 174 Å². The number of anilines is 1. The minimum absolute atomic E-state index is 0.144. The Balaban J connectivity index is 1.53. The molecule has 3 aromatic rings. The fourth-order valence-corrected chi connectivity index (χ4v) is 2.67. The fourth-order valence-electron chi connectivity index (χ4n) is 2.67. The summed E-state index contributed by atoms with van der Waals surface area (Å²) < 4.78 is 10.4. The predicted octanol–water partition coefficient (Wildman–Crippen LogP) is 4.38. The Bertz CT molecular complexity index is 1010. The summed E-state index contributed by atoms with van der Waals surface area (Å²) in [7, 11) is 0. The molecule has 6 heteroatoms.